The van der Waals surface area contributed by atoms with Crippen LogP contribution in [0.15, 0.2) is 37.3 Å². The van der Waals surface area contributed by atoms with E-state index in [1.54, 1.807) is 0 Å². The molecule has 19 nitrogen and oxygen atoms in total. The molecule has 0 saturated carbocycles. The third-order valence-electron chi connectivity index (χ3n) is 7.66. The minimum Gasteiger partial charge on any atom is -0.465 e. The number of ether oxygens (including phenoxy) is 3. The van der Waals surface area contributed by atoms with Gasteiger partial charge in [0.25, 0.3) is 0 Å². The summed E-state index contributed by atoms with van der Waals surface area (Å²) in [6.45, 7) is -9.17. The number of rotatable bonds is 2. The van der Waals surface area contributed by atoms with Gasteiger partial charge < -0.3 is 35.1 Å². The summed E-state index contributed by atoms with van der Waals surface area (Å²) in [5.41, 5.74) is 11.3. The Bertz CT molecular complexity index is 1990. The van der Waals surface area contributed by atoms with Gasteiger partial charge in [0.15, 0.2) is 47.2 Å². The molecule has 4 aliphatic heterocycles. The molecule has 9 atom stereocenters. The van der Waals surface area contributed by atoms with Crippen LogP contribution >= 0.6 is 25.8 Å². The van der Waals surface area contributed by atoms with Crippen molar-refractivity contribution < 1.29 is 46.2 Å². The molecule has 3 fully saturated rings. The lowest BCUT2D eigenvalue weighted by atomic mass is 10.0. The second-order valence-electron chi connectivity index (χ2n) is 10.4. The Labute approximate surface area is 260 Å². The zero-order chi connectivity index (χ0) is 31.3. The highest BCUT2D eigenvalue weighted by atomic mass is 32.7. The maximum atomic E-state index is 16.0. The summed E-state index contributed by atoms with van der Waals surface area (Å²) in [6, 6.07) is 0. The molecule has 238 valence electrons. The summed E-state index contributed by atoms with van der Waals surface area (Å²) in [5, 5.41) is 0. The molecule has 5 N–H and O–H groups in total. The van der Waals surface area contributed by atoms with Crippen LogP contribution in [0.1, 0.15) is 12.5 Å². The van der Waals surface area contributed by atoms with Crippen molar-refractivity contribution >= 4 is 71.5 Å². The average Bonchev–Trinajstić information content (AvgIpc) is 3.80. The SMILES string of the molecule is Nc1ncnc2c1ncn2[C@@H]1O/C2=C\OP(O)(=S)O[C@H]3[C@H]4OC[C@]3(COP(=O)(S)O[C@H]2[C@H]1F)O[C@H]4n1cnc2c(N)ncnc21. The van der Waals surface area contributed by atoms with Gasteiger partial charge in [0.05, 0.1) is 19.5 Å². The van der Waals surface area contributed by atoms with Crippen molar-refractivity contribution in [2.45, 2.75) is 42.5 Å². The van der Waals surface area contributed by atoms with Gasteiger partial charge in [-0.3, -0.25) is 22.7 Å². The van der Waals surface area contributed by atoms with E-state index >= 15 is 4.39 Å². The van der Waals surface area contributed by atoms with Gasteiger partial charge in [0.1, 0.15) is 54.1 Å². The van der Waals surface area contributed by atoms with Crippen LogP contribution in [0.25, 0.3) is 22.3 Å². The lowest BCUT2D eigenvalue weighted by molar-refractivity contribution is -0.182. The predicted molar refractivity (Wildman–Crippen MR) is 155 cm³/mol. The van der Waals surface area contributed by atoms with E-state index in [1.807, 2.05) is 0 Å². The van der Waals surface area contributed by atoms with Gasteiger partial charge in [-0.2, -0.15) is 0 Å². The fourth-order valence-corrected chi connectivity index (χ4v) is 8.35. The minimum absolute atomic E-state index is 0.0649. The van der Waals surface area contributed by atoms with Crippen LogP contribution < -0.4 is 11.5 Å². The van der Waals surface area contributed by atoms with E-state index < -0.39 is 62.7 Å². The average molecular weight is 703 g/mol. The summed E-state index contributed by atoms with van der Waals surface area (Å²) in [5.74, 6) is -0.124. The number of nitrogens with two attached hydrogens (primary N) is 2. The fourth-order valence-electron chi connectivity index (χ4n) is 5.63. The summed E-state index contributed by atoms with van der Waals surface area (Å²) in [4.78, 5) is 35.6. The summed E-state index contributed by atoms with van der Waals surface area (Å²) >= 11 is 9.39. The number of hydrogen-bond acceptors (Lipinski definition) is 17. The molecule has 8 heterocycles. The molecule has 4 aromatic rings. The molecule has 24 heteroatoms. The van der Waals surface area contributed by atoms with Crippen LogP contribution in [0, 0.1) is 0 Å². The van der Waals surface area contributed by atoms with Crippen molar-refractivity contribution in [1.82, 2.24) is 39.0 Å². The van der Waals surface area contributed by atoms with Gasteiger partial charge in [0.2, 0.25) is 6.23 Å². The first-order valence-electron chi connectivity index (χ1n) is 13.0. The van der Waals surface area contributed by atoms with E-state index in [0.29, 0.717) is 11.2 Å². The van der Waals surface area contributed by atoms with E-state index in [4.69, 9.17) is 55.6 Å². The molecular formula is C21H21FN10O9P2S2. The first kappa shape index (κ1) is 29.4. The zero-order valence-corrected chi connectivity index (χ0v) is 25.8. The predicted octanol–water partition coefficient (Wildman–Crippen LogP) is 1.28. The Morgan fingerprint density at radius 2 is 1.64 bits per heavy atom. The number of fused-ring (bicyclic) bond motifs is 3. The first-order valence-corrected chi connectivity index (χ1v) is 18.3. The number of anilines is 2. The van der Waals surface area contributed by atoms with Crippen molar-refractivity contribution in [2.75, 3.05) is 24.7 Å². The number of nitrogens with zero attached hydrogens (tertiary/aromatic N) is 8. The lowest BCUT2D eigenvalue weighted by Gasteiger charge is -2.33. The van der Waals surface area contributed by atoms with Crippen molar-refractivity contribution in [3.8, 4) is 0 Å². The van der Waals surface area contributed by atoms with Gasteiger partial charge in [-0.25, -0.2) is 38.9 Å². The Morgan fingerprint density at radius 3 is 2.31 bits per heavy atom. The molecular weight excluding hydrogens is 681 g/mol. The van der Waals surface area contributed by atoms with E-state index in [1.165, 1.54) is 34.4 Å². The smallest absolute Gasteiger partial charge is 0.387 e. The van der Waals surface area contributed by atoms with Crippen LogP contribution in [-0.4, -0.2) is 87.2 Å². The Morgan fingerprint density at radius 1 is 1.00 bits per heavy atom. The van der Waals surface area contributed by atoms with Crippen LogP contribution in [0.3, 0.4) is 0 Å². The number of nitrogen functional groups attached to an aromatic ring is 2. The van der Waals surface area contributed by atoms with Crippen LogP contribution in [0.5, 0.6) is 0 Å². The van der Waals surface area contributed by atoms with Gasteiger partial charge in [0, 0.05) is 11.8 Å². The van der Waals surface area contributed by atoms with E-state index in [2.05, 4.69) is 42.2 Å². The molecule has 4 aromatic heterocycles. The van der Waals surface area contributed by atoms with Crippen molar-refractivity contribution in [3.05, 3.63) is 37.3 Å². The van der Waals surface area contributed by atoms with Gasteiger partial charge in [-0.15, -0.1) is 0 Å². The Kier molecular flexibility index (Phi) is 6.68. The lowest BCUT2D eigenvalue weighted by Crippen LogP contribution is -2.45. The van der Waals surface area contributed by atoms with Crippen LogP contribution in [0.4, 0.5) is 16.0 Å². The zero-order valence-electron chi connectivity index (χ0n) is 22.3. The molecule has 0 spiro atoms. The van der Waals surface area contributed by atoms with Gasteiger partial charge in [-0.05, 0) is 0 Å². The highest BCUT2D eigenvalue weighted by molar-refractivity contribution is 8.44. The third-order valence-corrected chi connectivity index (χ3v) is 10.6. The van der Waals surface area contributed by atoms with Gasteiger partial charge in [-0.1, -0.05) is 12.2 Å². The molecule has 8 rings (SSSR count). The summed E-state index contributed by atoms with van der Waals surface area (Å²) < 4.78 is 73.1. The highest BCUT2D eigenvalue weighted by Gasteiger charge is 2.65. The second-order valence-corrected chi connectivity index (χ2v) is 16.0. The number of halogens is 1. The minimum atomic E-state index is -4.37. The van der Waals surface area contributed by atoms with E-state index in [0.717, 1.165) is 6.26 Å². The maximum Gasteiger partial charge on any atom is 0.387 e. The molecule has 0 amide bonds. The number of imidazole rings is 2. The van der Waals surface area contributed by atoms with Crippen molar-refractivity contribution in [2.24, 2.45) is 0 Å². The standard InChI is InChI=1S/C21H21FN10O9P2S2/c22-9-12-8(38-19(9)31-6-29-10-15(23)25-4-27-17(10)31)1-36-42(33,44)41-14-13-20(32-7-30-11-16(24)26-5-28-18(11)32)39-21(14,2-35-13)3-37-43(34,45)40-12/h1,4-7,9,12-14,19-20H,2-3H2,(H,33,44)(H,34,45)(H2,23,25,27)(H2,24,26,28)/b8-1-/t9-,12-,13-,14+,19-,20-,21-,42?,43?/m1/s1. The summed E-state index contributed by atoms with van der Waals surface area (Å²) in [6.07, 6.45) is -2.22. The normalized spacial score (nSPS) is 39.3. The molecule has 45 heavy (non-hydrogen) atoms. The van der Waals surface area contributed by atoms with Crippen LogP contribution in [-0.2, 0) is 48.7 Å². The van der Waals surface area contributed by atoms with Crippen molar-refractivity contribution in [3.63, 3.8) is 0 Å². The maximum absolute atomic E-state index is 16.0. The molecule has 3 saturated heterocycles. The van der Waals surface area contributed by atoms with Crippen molar-refractivity contribution in [1.29, 1.82) is 0 Å². The topological polar surface area (TPSA) is 241 Å². The molecule has 0 aromatic carbocycles. The Hall–Kier alpha value is -3.04. The molecule has 0 radical (unpaired) electrons. The molecule has 2 unspecified atom stereocenters. The van der Waals surface area contributed by atoms with Crippen LogP contribution in [0.2, 0.25) is 0 Å². The number of thiol groups is 1. The van der Waals surface area contributed by atoms with E-state index in [-0.39, 0.29) is 35.2 Å². The highest BCUT2D eigenvalue weighted by Crippen LogP contribution is 2.61. The number of hydrogen-bond donors (Lipinski definition) is 4. The molecule has 4 aliphatic rings. The quantitative estimate of drug-likeness (QED) is 0.170. The third kappa shape index (κ3) is 4.70. The second kappa shape index (κ2) is 10.2. The van der Waals surface area contributed by atoms with E-state index in [9.17, 15) is 9.46 Å². The number of alkyl halides is 1. The fraction of sp³-hybridized carbons (Fsp3) is 0.429. The molecule has 0 aliphatic carbocycles. The molecule has 2 bridgehead atoms. The Balaban J connectivity index is 1.13. The summed E-state index contributed by atoms with van der Waals surface area (Å²) in [7, 11) is 0. The number of aromatic nitrogens is 8. The monoisotopic (exact) mass is 702 g/mol. The van der Waals surface area contributed by atoms with Gasteiger partial charge >= 0.3 is 13.5 Å². The largest absolute Gasteiger partial charge is 0.465 e. The first-order chi connectivity index (χ1) is 21.5.